The van der Waals surface area contributed by atoms with E-state index in [1.54, 1.807) is 0 Å². The summed E-state index contributed by atoms with van der Waals surface area (Å²) in [6.07, 6.45) is 8.71. The van der Waals surface area contributed by atoms with Gasteiger partial charge in [0.05, 0.1) is 12.2 Å². The third kappa shape index (κ3) is 4.78. The lowest BCUT2D eigenvalue weighted by molar-refractivity contribution is 0.250. The van der Waals surface area contributed by atoms with Crippen molar-refractivity contribution in [3.8, 4) is 0 Å². The fourth-order valence-corrected chi connectivity index (χ4v) is 3.01. The Labute approximate surface area is 128 Å². The number of nitrogens with one attached hydrogen (secondary N) is 1. The Morgan fingerprint density at radius 1 is 1.24 bits per heavy atom. The molecule has 0 bridgehead atoms. The van der Waals surface area contributed by atoms with Crippen molar-refractivity contribution >= 4 is 0 Å². The van der Waals surface area contributed by atoms with E-state index >= 15 is 0 Å². The first-order chi connectivity index (χ1) is 10.1. The van der Waals surface area contributed by atoms with Gasteiger partial charge in [-0.1, -0.05) is 19.1 Å². The second kappa shape index (κ2) is 6.44. The molecule has 0 aromatic carbocycles. The quantitative estimate of drug-likeness (QED) is 0.871. The van der Waals surface area contributed by atoms with Gasteiger partial charge in [-0.15, -0.1) is 5.10 Å². The summed E-state index contributed by atoms with van der Waals surface area (Å²) in [5, 5.41) is 12.0. The van der Waals surface area contributed by atoms with Crippen LogP contribution in [0, 0.1) is 5.41 Å². The molecule has 118 valence electrons. The van der Waals surface area contributed by atoms with Gasteiger partial charge in [0.15, 0.2) is 0 Å². The highest BCUT2D eigenvalue weighted by Crippen LogP contribution is 2.29. The minimum Gasteiger partial charge on any atom is -0.308 e. The molecule has 2 heterocycles. The highest BCUT2D eigenvalue weighted by molar-refractivity contribution is 4.94. The van der Waals surface area contributed by atoms with Gasteiger partial charge in [-0.05, 0) is 50.6 Å². The molecule has 1 N–H and O–H groups in total. The number of rotatable bonds is 6. The molecule has 2 aliphatic rings. The molecule has 0 spiro atoms. The summed E-state index contributed by atoms with van der Waals surface area (Å²) in [7, 11) is 0. The van der Waals surface area contributed by atoms with E-state index in [-0.39, 0.29) is 0 Å². The van der Waals surface area contributed by atoms with Crippen LogP contribution in [-0.2, 0) is 13.1 Å². The van der Waals surface area contributed by atoms with Gasteiger partial charge >= 0.3 is 0 Å². The zero-order valence-corrected chi connectivity index (χ0v) is 13.5. The molecular weight excluding hydrogens is 262 g/mol. The molecule has 3 rings (SSSR count). The summed E-state index contributed by atoms with van der Waals surface area (Å²) in [5.41, 5.74) is 1.59. The normalized spacial score (nSPS) is 23.1. The monoisotopic (exact) mass is 291 g/mol. The Morgan fingerprint density at radius 2 is 2.10 bits per heavy atom. The SMILES string of the molecule is CC1(C)CCCN(CCn2cc(CNC3CC3)nn2)CC1. The molecule has 1 aliphatic heterocycles. The van der Waals surface area contributed by atoms with Crippen molar-refractivity contribution in [2.75, 3.05) is 19.6 Å². The zero-order chi connectivity index (χ0) is 14.7. The van der Waals surface area contributed by atoms with Crippen molar-refractivity contribution in [2.45, 2.75) is 65.1 Å². The molecule has 2 fully saturated rings. The van der Waals surface area contributed by atoms with E-state index in [2.05, 4.69) is 40.6 Å². The van der Waals surface area contributed by atoms with Crippen LogP contribution in [0.25, 0.3) is 0 Å². The minimum atomic E-state index is 0.518. The molecule has 0 unspecified atom stereocenters. The molecule has 0 radical (unpaired) electrons. The van der Waals surface area contributed by atoms with Crippen LogP contribution in [0.2, 0.25) is 0 Å². The van der Waals surface area contributed by atoms with Crippen LogP contribution < -0.4 is 5.32 Å². The van der Waals surface area contributed by atoms with Crippen molar-refractivity contribution in [2.24, 2.45) is 5.41 Å². The molecule has 21 heavy (non-hydrogen) atoms. The molecule has 1 saturated heterocycles. The Morgan fingerprint density at radius 3 is 2.90 bits per heavy atom. The van der Waals surface area contributed by atoms with Crippen molar-refractivity contribution in [1.29, 1.82) is 0 Å². The van der Waals surface area contributed by atoms with Gasteiger partial charge in [0, 0.05) is 25.3 Å². The second-order valence-corrected chi connectivity index (χ2v) is 7.49. The summed E-state index contributed by atoms with van der Waals surface area (Å²) in [6.45, 7) is 10.2. The Hall–Kier alpha value is -0.940. The summed E-state index contributed by atoms with van der Waals surface area (Å²) in [4.78, 5) is 2.58. The average Bonchev–Trinajstić information content (AvgIpc) is 3.20. The number of likely N-dealkylation sites (tertiary alicyclic amines) is 1. The lowest BCUT2D eigenvalue weighted by Crippen LogP contribution is -2.29. The van der Waals surface area contributed by atoms with E-state index in [9.17, 15) is 0 Å². The lowest BCUT2D eigenvalue weighted by atomic mass is 9.85. The maximum Gasteiger partial charge on any atom is 0.0964 e. The highest BCUT2D eigenvalue weighted by Gasteiger charge is 2.23. The van der Waals surface area contributed by atoms with E-state index in [4.69, 9.17) is 0 Å². The van der Waals surface area contributed by atoms with Gasteiger partial charge in [-0.3, -0.25) is 4.68 Å². The topological polar surface area (TPSA) is 46.0 Å². The van der Waals surface area contributed by atoms with E-state index < -0.39 is 0 Å². The molecule has 1 aromatic heterocycles. The minimum absolute atomic E-state index is 0.518. The van der Waals surface area contributed by atoms with Crippen LogP contribution in [0.4, 0.5) is 0 Å². The first kappa shape index (κ1) is 15.0. The van der Waals surface area contributed by atoms with E-state index in [1.165, 1.54) is 45.2 Å². The molecule has 0 atom stereocenters. The van der Waals surface area contributed by atoms with Gasteiger partial charge in [-0.25, -0.2) is 0 Å². The largest absolute Gasteiger partial charge is 0.308 e. The molecule has 1 saturated carbocycles. The molecule has 5 nitrogen and oxygen atoms in total. The van der Waals surface area contributed by atoms with Crippen LogP contribution in [0.3, 0.4) is 0 Å². The molecule has 1 aromatic rings. The zero-order valence-electron chi connectivity index (χ0n) is 13.5. The first-order valence-corrected chi connectivity index (χ1v) is 8.45. The van der Waals surface area contributed by atoms with Gasteiger partial charge < -0.3 is 10.2 Å². The molecule has 5 heteroatoms. The van der Waals surface area contributed by atoms with Gasteiger partial charge in [0.1, 0.15) is 0 Å². The van der Waals surface area contributed by atoms with Crippen LogP contribution >= 0.6 is 0 Å². The number of nitrogens with zero attached hydrogens (tertiary/aromatic N) is 4. The second-order valence-electron chi connectivity index (χ2n) is 7.49. The first-order valence-electron chi connectivity index (χ1n) is 8.45. The summed E-state index contributed by atoms with van der Waals surface area (Å²) in [6, 6.07) is 0.732. The maximum atomic E-state index is 4.25. The fraction of sp³-hybridized carbons (Fsp3) is 0.875. The van der Waals surface area contributed by atoms with Gasteiger partial charge in [-0.2, -0.15) is 0 Å². The smallest absolute Gasteiger partial charge is 0.0964 e. The van der Waals surface area contributed by atoms with E-state index in [1.807, 2.05) is 4.68 Å². The Bertz CT molecular complexity index is 449. The molecule has 1 aliphatic carbocycles. The highest BCUT2D eigenvalue weighted by atomic mass is 15.4. The van der Waals surface area contributed by atoms with Crippen molar-refractivity contribution in [1.82, 2.24) is 25.2 Å². The van der Waals surface area contributed by atoms with Crippen LogP contribution in [0.1, 0.15) is 51.6 Å². The standard InChI is InChI=1S/C16H29N5/c1-16(2)6-3-8-20(9-7-16)10-11-21-13-15(18-19-21)12-17-14-4-5-14/h13-14,17H,3-12H2,1-2H3. The number of hydrogen-bond acceptors (Lipinski definition) is 4. The lowest BCUT2D eigenvalue weighted by Gasteiger charge is -2.23. The predicted octanol–water partition coefficient (Wildman–Crippen LogP) is 2.04. The Kier molecular flexibility index (Phi) is 4.60. The van der Waals surface area contributed by atoms with Crippen molar-refractivity contribution in [3.05, 3.63) is 11.9 Å². The summed E-state index contributed by atoms with van der Waals surface area (Å²) < 4.78 is 2.00. The van der Waals surface area contributed by atoms with E-state index in [0.29, 0.717) is 5.41 Å². The van der Waals surface area contributed by atoms with Gasteiger partial charge in [0.25, 0.3) is 0 Å². The third-order valence-electron chi connectivity index (χ3n) is 4.81. The van der Waals surface area contributed by atoms with Crippen molar-refractivity contribution in [3.63, 3.8) is 0 Å². The summed E-state index contributed by atoms with van der Waals surface area (Å²) >= 11 is 0. The fourth-order valence-electron chi connectivity index (χ4n) is 3.01. The van der Waals surface area contributed by atoms with E-state index in [0.717, 1.165) is 31.4 Å². The third-order valence-corrected chi connectivity index (χ3v) is 4.81. The van der Waals surface area contributed by atoms with Crippen LogP contribution in [0.15, 0.2) is 6.20 Å². The predicted molar refractivity (Wildman–Crippen MR) is 84.0 cm³/mol. The van der Waals surface area contributed by atoms with Crippen molar-refractivity contribution < 1.29 is 0 Å². The molecule has 0 amide bonds. The molecular formula is C16H29N5. The van der Waals surface area contributed by atoms with Gasteiger partial charge in [0.2, 0.25) is 0 Å². The average molecular weight is 291 g/mol. The van der Waals surface area contributed by atoms with Crippen LogP contribution in [-0.4, -0.2) is 45.6 Å². The summed E-state index contributed by atoms with van der Waals surface area (Å²) in [5.74, 6) is 0. The number of aromatic nitrogens is 3. The van der Waals surface area contributed by atoms with Crippen LogP contribution in [0.5, 0.6) is 0 Å². The Balaban J connectivity index is 1.41. The number of hydrogen-bond donors (Lipinski definition) is 1. The maximum absolute atomic E-state index is 4.25.